The van der Waals surface area contributed by atoms with Gasteiger partial charge in [0.05, 0.1) is 23.6 Å². The van der Waals surface area contributed by atoms with Gasteiger partial charge in [0, 0.05) is 5.02 Å². The molecule has 13 heteroatoms. The van der Waals surface area contributed by atoms with Crippen LogP contribution in [0.1, 0.15) is 23.9 Å². The lowest BCUT2D eigenvalue weighted by atomic mass is 10.2. The number of amides is 1. The van der Waals surface area contributed by atoms with E-state index in [1.54, 1.807) is 48.5 Å². The van der Waals surface area contributed by atoms with E-state index in [9.17, 15) is 9.18 Å². The highest BCUT2D eigenvalue weighted by Crippen LogP contribution is 2.30. The zero-order valence-electron chi connectivity index (χ0n) is 21.1. The maximum atomic E-state index is 13.1. The molecule has 40 heavy (non-hydrogen) atoms. The Morgan fingerprint density at radius 1 is 1.00 bits per heavy atom. The van der Waals surface area contributed by atoms with E-state index in [0.717, 1.165) is 17.3 Å². The third-order valence-electron chi connectivity index (χ3n) is 5.00. The van der Waals surface area contributed by atoms with Crippen molar-refractivity contribution in [2.45, 2.75) is 25.4 Å². The summed E-state index contributed by atoms with van der Waals surface area (Å²) in [6, 6.07) is 16.2. The molecule has 0 saturated carbocycles. The van der Waals surface area contributed by atoms with Crippen LogP contribution < -0.4 is 19.6 Å². The summed E-state index contributed by atoms with van der Waals surface area (Å²) in [5.41, 5.74) is 3.96. The van der Waals surface area contributed by atoms with Crippen LogP contribution in [0.3, 0.4) is 0 Å². The van der Waals surface area contributed by atoms with Crippen molar-refractivity contribution >= 4 is 47.1 Å². The molecule has 4 rings (SSSR count). The second kappa shape index (κ2) is 14.5. The fourth-order valence-electron chi connectivity index (χ4n) is 3.16. The molecule has 0 atom stereocenters. The molecule has 0 aliphatic carbocycles. The summed E-state index contributed by atoms with van der Waals surface area (Å²) in [6.45, 7) is 2.55. The van der Waals surface area contributed by atoms with Crippen LogP contribution in [0, 0.1) is 5.82 Å². The molecular weight excluding hydrogens is 582 g/mol. The van der Waals surface area contributed by atoms with Crippen LogP contribution in [-0.2, 0) is 18.0 Å². The summed E-state index contributed by atoms with van der Waals surface area (Å²) in [6.07, 6.45) is 1.48. The summed E-state index contributed by atoms with van der Waals surface area (Å²) in [4.78, 5) is 12.2. The minimum atomic E-state index is -0.366. The highest BCUT2D eigenvalue weighted by Gasteiger charge is 2.12. The smallest absolute Gasteiger partial charge is 0.277 e. The Hall–Kier alpha value is -3.80. The van der Waals surface area contributed by atoms with Gasteiger partial charge in [-0.3, -0.25) is 4.79 Å². The molecule has 1 aromatic heterocycles. The molecule has 0 fully saturated rings. The van der Waals surface area contributed by atoms with Gasteiger partial charge in [-0.1, -0.05) is 47.1 Å². The molecule has 0 unspecified atom stereocenters. The van der Waals surface area contributed by atoms with Crippen molar-refractivity contribution in [1.29, 1.82) is 0 Å². The van der Waals surface area contributed by atoms with Crippen LogP contribution in [0.25, 0.3) is 0 Å². The molecule has 1 N–H and O–H groups in total. The third-order valence-corrected chi connectivity index (χ3v) is 6.35. The fraction of sp³-hybridized carbons (Fsp3) is 0.185. The van der Waals surface area contributed by atoms with E-state index < -0.39 is 0 Å². The summed E-state index contributed by atoms with van der Waals surface area (Å²) < 4.78 is 35.6. The first-order valence-electron chi connectivity index (χ1n) is 11.9. The number of nitrogens with zero attached hydrogens (tertiary/aromatic N) is 3. The van der Waals surface area contributed by atoms with Gasteiger partial charge in [-0.25, -0.2) is 9.82 Å². The molecule has 0 aliphatic heterocycles. The lowest BCUT2D eigenvalue weighted by molar-refractivity contribution is -0.118. The molecule has 0 spiro atoms. The molecular formula is C27H23Cl2FN4O5S. The highest BCUT2D eigenvalue weighted by molar-refractivity contribution is 7.99. The van der Waals surface area contributed by atoms with Crippen LogP contribution in [0.2, 0.25) is 10.0 Å². The summed E-state index contributed by atoms with van der Waals surface area (Å²) in [7, 11) is 0. The Labute approximate surface area is 243 Å². The minimum Gasteiger partial charge on any atom is -0.490 e. The molecule has 1 amide bonds. The molecule has 0 saturated heterocycles. The van der Waals surface area contributed by atoms with E-state index in [2.05, 4.69) is 20.7 Å². The van der Waals surface area contributed by atoms with Gasteiger partial charge in [-0.15, -0.1) is 10.2 Å². The standard InChI is InChI=1S/C27H23Cl2FN4O5S/c1-2-36-24-11-18(5-9-23(24)37-14-17-3-7-20(30)8-4-17)13-31-32-25(35)16-40-27-34-33-26(39-27)15-38-22-10-6-19(28)12-21(22)29/h3-13H,2,14-16H2,1H3,(H,32,35)/b31-13-. The first-order chi connectivity index (χ1) is 19.4. The number of hydrogen-bond acceptors (Lipinski definition) is 9. The topological polar surface area (TPSA) is 108 Å². The van der Waals surface area contributed by atoms with E-state index in [1.807, 2.05) is 6.92 Å². The van der Waals surface area contributed by atoms with E-state index in [0.29, 0.717) is 39.5 Å². The van der Waals surface area contributed by atoms with Crippen molar-refractivity contribution in [2.24, 2.45) is 5.10 Å². The zero-order chi connectivity index (χ0) is 28.3. The summed E-state index contributed by atoms with van der Waals surface area (Å²) in [5, 5.41) is 12.8. The number of aromatic nitrogens is 2. The average molecular weight is 605 g/mol. The van der Waals surface area contributed by atoms with Gasteiger partial charge in [0.2, 0.25) is 0 Å². The number of halogens is 3. The van der Waals surface area contributed by atoms with E-state index >= 15 is 0 Å². The van der Waals surface area contributed by atoms with Gasteiger partial charge in [-0.05, 0) is 66.6 Å². The number of ether oxygens (including phenoxy) is 3. The van der Waals surface area contributed by atoms with Crippen LogP contribution in [0.4, 0.5) is 4.39 Å². The van der Waals surface area contributed by atoms with Crippen LogP contribution in [0.5, 0.6) is 17.2 Å². The Balaban J connectivity index is 1.23. The molecule has 9 nitrogen and oxygen atoms in total. The first kappa shape index (κ1) is 29.2. The predicted molar refractivity (Wildman–Crippen MR) is 150 cm³/mol. The Bertz CT molecular complexity index is 1470. The zero-order valence-corrected chi connectivity index (χ0v) is 23.4. The van der Waals surface area contributed by atoms with Crippen molar-refractivity contribution in [3.63, 3.8) is 0 Å². The molecule has 208 valence electrons. The Morgan fingerprint density at radius 2 is 1.77 bits per heavy atom. The monoisotopic (exact) mass is 604 g/mol. The quantitative estimate of drug-likeness (QED) is 0.107. The molecule has 1 heterocycles. The molecule has 4 aromatic rings. The number of nitrogens with one attached hydrogen (secondary N) is 1. The van der Waals surface area contributed by atoms with E-state index in [1.165, 1.54) is 18.3 Å². The first-order valence-corrected chi connectivity index (χ1v) is 13.6. The van der Waals surface area contributed by atoms with Crippen molar-refractivity contribution in [2.75, 3.05) is 12.4 Å². The summed E-state index contributed by atoms with van der Waals surface area (Å²) >= 11 is 13.0. The second-order valence-electron chi connectivity index (χ2n) is 7.96. The molecule has 3 aromatic carbocycles. The largest absolute Gasteiger partial charge is 0.490 e. The van der Waals surface area contributed by atoms with Crippen molar-refractivity contribution in [1.82, 2.24) is 15.6 Å². The van der Waals surface area contributed by atoms with Gasteiger partial charge >= 0.3 is 0 Å². The van der Waals surface area contributed by atoms with Gasteiger partial charge in [0.1, 0.15) is 18.2 Å². The predicted octanol–water partition coefficient (Wildman–Crippen LogP) is 6.31. The number of rotatable bonds is 13. The van der Waals surface area contributed by atoms with Crippen LogP contribution >= 0.6 is 35.0 Å². The number of carbonyl (C=O) groups excluding carboxylic acids is 1. The van der Waals surface area contributed by atoms with Crippen LogP contribution in [0.15, 0.2) is 75.4 Å². The lowest BCUT2D eigenvalue weighted by Gasteiger charge is -2.12. The van der Waals surface area contributed by atoms with Gasteiger partial charge in [0.25, 0.3) is 17.0 Å². The minimum absolute atomic E-state index is 0.00318. The van der Waals surface area contributed by atoms with Crippen molar-refractivity contribution in [3.8, 4) is 17.2 Å². The van der Waals surface area contributed by atoms with Gasteiger partial charge in [-0.2, -0.15) is 5.10 Å². The van der Waals surface area contributed by atoms with Crippen molar-refractivity contribution < 1.29 is 27.8 Å². The highest BCUT2D eigenvalue weighted by atomic mass is 35.5. The van der Waals surface area contributed by atoms with E-state index in [-0.39, 0.29) is 41.8 Å². The molecule has 0 bridgehead atoms. The average Bonchev–Trinajstić information content (AvgIpc) is 3.40. The van der Waals surface area contributed by atoms with Gasteiger partial charge < -0.3 is 18.6 Å². The maximum Gasteiger partial charge on any atom is 0.277 e. The Morgan fingerprint density at radius 3 is 2.55 bits per heavy atom. The number of benzene rings is 3. The normalized spacial score (nSPS) is 11.0. The Kier molecular flexibility index (Phi) is 10.6. The number of thioether (sulfide) groups is 1. The molecule has 0 aliphatic rings. The third kappa shape index (κ3) is 8.87. The second-order valence-corrected chi connectivity index (χ2v) is 9.73. The lowest BCUT2D eigenvalue weighted by Crippen LogP contribution is -2.19. The molecule has 0 radical (unpaired) electrons. The maximum absolute atomic E-state index is 13.1. The fourth-order valence-corrected chi connectivity index (χ4v) is 4.20. The number of hydrazone groups is 1. The number of carbonyl (C=O) groups is 1. The van der Waals surface area contributed by atoms with E-state index in [4.69, 9.17) is 41.8 Å². The van der Waals surface area contributed by atoms with Crippen molar-refractivity contribution in [3.05, 3.63) is 93.5 Å². The van der Waals surface area contributed by atoms with Gasteiger partial charge in [0.15, 0.2) is 18.1 Å². The SMILES string of the molecule is CCOc1cc(/C=N\NC(=O)CSc2nnc(COc3ccc(Cl)cc3Cl)o2)ccc1OCc1ccc(F)cc1. The van der Waals surface area contributed by atoms with Crippen LogP contribution in [-0.4, -0.2) is 34.7 Å². The summed E-state index contributed by atoms with van der Waals surface area (Å²) in [5.74, 6) is 1.03. The number of hydrogen-bond donors (Lipinski definition) is 1.